The summed E-state index contributed by atoms with van der Waals surface area (Å²) in [4.78, 5) is 28.3. The molecule has 3 amide bonds. The number of hydrogen-bond donors (Lipinski definition) is 2. The number of aromatic nitrogens is 2. The minimum atomic E-state index is -0.519. The van der Waals surface area contributed by atoms with E-state index in [1.165, 1.54) is 7.05 Å². The molecule has 2 heterocycles. The molecule has 7 heteroatoms. The van der Waals surface area contributed by atoms with Gasteiger partial charge in [0, 0.05) is 19.4 Å². The van der Waals surface area contributed by atoms with E-state index in [1.54, 1.807) is 35.2 Å². The highest BCUT2D eigenvalue weighted by Gasteiger charge is 2.20. The lowest BCUT2D eigenvalue weighted by molar-refractivity contribution is -0.122. The van der Waals surface area contributed by atoms with Crippen LogP contribution in [0.4, 0.5) is 4.79 Å². The van der Waals surface area contributed by atoms with E-state index in [-0.39, 0.29) is 5.91 Å². The predicted octanol–water partition coefficient (Wildman–Crippen LogP) is 1.63. The van der Waals surface area contributed by atoms with Gasteiger partial charge in [-0.1, -0.05) is 6.07 Å². The van der Waals surface area contributed by atoms with Crippen LogP contribution in [-0.2, 0) is 4.79 Å². The average Bonchev–Trinajstić information content (AvgIpc) is 3.07. The van der Waals surface area contributed by atoms with E-state index < -0.39 is 12.1 Å². The molecule has 0 aromatic carbocycles. The van der Waals surface area contributed by atoms with Gasteiger partial charge in [-0.2, -0.15) is 0 Å². The third kappa shape index (κ3) is 2.82. The predicted molar refractivity (Wildman–Crippen MR) is 72.8 cm³/mol. The number of hydrogen-bond acceptors (Lipinski definition) is 4. The second-order valence-corrected chi connectivity index (χ2v) is 4.83. The van der Waals surface area contributed by atoms with Crippen LogP contribution in [-0.4, -0.2) is 28.5 Å². The Morgan fingerprint density at radius 3 is 2.89 bits per heavy atom. The summed E-state index contributed by atoms with van der Waals surface area (Å²) < 4.78 is 1.74. The standard InChI is InChI=1S/C12H14N4O2S/c1-8(11(17)15-12(18)13-2)16-6-5-14-10(16)9-4-3-7-19-9/h3-8H,1-2H3,(H2,13,15,17,18). The van der Waals surface area contributed by atoms with Crippen molar-refractivity contribution >= 4 is 23.3 Å². The van der Waals surface area contributed by atoms with Crippen molar-refractivity contribution < 1.29 is 9.59 Å². The zero-order chi connectivity index (χ0) is 13.8. The van der Waals surface area contributed by atoms with E-state index in [9.17, 15) is 9.59 Å². The van der Waals surface area contributed by atoms with Crippen LogP contribution in [0.1, 0.15) is 13.0 Å². The molecular weight excluding hydrogens is 264 g/mol. The number of imide groups is 1. The zero-order valence-electron chi connectivity index (χ0n) is 10.6. The molecule has 0 aliphatic heterocycles. The van der Waals surface area contributed by atoms with Crippen LogP contribution >= 0.6 is 11.3 Å². The lowest BCUT2D eigenvalue weighted by Gasteiger charge is -2.15. The highest BCUT2D eigenvalue weighted by Crippen LogP contribution is 2.25. The van der Waals surface area contributed by atoms with E-state index in [1.807, 2.05) is 17.5 Å². The van der Waals surface area contributed by atoms with Crippen LogP contribution in [0, 0.1) is 0 Å². The number of thiophene rings is 1. The van der Waals surface area contributed by atoms with Crippen molar-refractivity contribution in [2.24, 2.45) is 0 Å². The second kappa shape index (κ2) is 5.66. The summed E-state index contributed by atoms with van der Waals surface area (Å²) in [5, 5.41) is 6.55. The van der Waals surface area contributed by atoms with Crippen LogP contribution in [0.3, 0.4) is 0 Å². The number of nitrogens with zero attached hydrogens (tertiary/aromatic N) is 2. The summed E-state index contributed by atoms with van der Waals surface area (Å²) in [6, 6.07) is 2.83. The van der Waals surface area contributed by atoms with Crippen LogP contribution in [0.15, 0.2) is 29.9 Å². The monoisotopic (exact) mass is 278 g/mol. The number of carbonyl (C=O) groups excluding carboxylic acids is 2. The summed E-state index contributed by atoms with van der Waals surface area (Å²) in [5.41, 5.74) is 0. The molecule has 0 aliphatic rings. The number of nitrogens with one attached hydrogen (secondary N) is 2. The highest BCUT2D eigenvalue weighted by molar-refractivity contribution is 7.13. The first kappa shape index (κ1) is 13.3. The van der Waals surface area contributed by atoms with Gasteiger partial charge in [0.1, 0.15) is 6.04 Å². The van der Waals surface area contributed by atoms with E-state index in [0.29, 0.717) is 0 Å². The first-order valence-electron chi connectivity index (χ1n) is 5.72. The van der Waals surface area contributed by atoms with Gasteiger partial charge in [-0.25, -0.2) is 9.78 Å². The van der Waals surface area contributed by atoms with Gasteiger partial charge in [-0.15, -0.1) is 11.3 Å². The third-order valence-corrected chi connectivity index (χ3v) is 3.54. The number of carbonyl (C=O) groups is 2. The van der Waals surface area contributed by atoms with Gasteiger partial charge >= 0.3 is 6.03 Å². The summed E-state index contributed by atoms with van der Waals surface area (Å²) in [5.74, 6) is 0.338. The Kier molecular flexibility index (Phi) is 3.96. The molecule has 0 saturated heterocycles. The van der Waals surface area contributed by atoms with E-state index in [0.717, 1.165) is 10.7 Å². The number of rotatable bonds is 3. The van der Waals surface area contributed by atoms with E-state index >= 15 is 0 Å². The molecule has 0 radical (unpaired) electrons. The zero-order valence-corrected chi connectivity index (χ0v) is 11.4. The fourth-order valence-corrected chi connectivity index (χ4v) is 2.35. The fourth-order valence-electron chi connectivity index (χ4n) is 1.63. The van der Waals surface area contributed by atoms with Crippen LogP contribution < -0.4 is 10.6 Å². The van der Waals surface area contributed by atoms with Crippen molar-refractivity contribution in [2.45, 2.75) is 13.0 Å². The number of urea groups is 1. The maximum Gasteiger partial charge on any atom is 0.321 e. The summed E-state index contributed by atoms with van der Waals surface area (Å²) in [6.07, 6.45) is 3.36. The molecule has 0 fully saturated rings. The average molecular weight is 278 g/mol. The normalized spacial score (nSPS) is 11.9. The molecule has 2 N–H and O–H groups in total. The smallest absolute Gasteiger partial charge is 0.321 e. The molecule has 2 aromatic rings. The Balaban J connectivity index is 2.21. The maximum atomic E-state index is 11.9. The van der Waals surface area contributed by atoms with Crippen molar-refractivity contribution in [3.8, 4) is 10.7 Å². The Bertz CT molecular complexity index is 576. The van der Waals surface area contributed by atoms with Crippen molar-refractivity contribution in [3.05, 3.63) is 29.9 Å². The Morgan fingerprint density at radius 2 is 2.26 bits per heavy atom. The fraction of sp³-hybridized carbons (Fsp3) is 0.250. The molecule has 2 aromatic heterocycles. The lowest BCUT2D eigenvalue weighted by Crippen LogP contribution is -2.40. The minimum absolute atomic E-state index is 0.379. The molecule has 0 bridgehead atoms. The van der Waals surface area contributed by atoms with Gasteiger partial charge in [-0.05, 0) is 18.4 Å². The van der Waals surface area contributed by atoms with Gasteiger partial charge in [0.05, 0.1) is 4.88 Å². The van der Waals surface area contributed by atoms with Gasteiger partial charge in [0.15, 0.2) is 5.82 Å². The van der Waals surface area contributed by atoms with Crippen LogP contribution in [0.5, 0.6) is 0 Å². The van der Waals surface area contributed by atoms with Crippen molar-refractivity contribution in [1.29, 1.82) is 0 Å². The van der Waals surface area contributed by atoms with Crippen molar-refractivity contribution in [3.63, 3.8) is 0 Å². The molecule has 1 atom stereocenters. The molecule has 6 nitrogen and oxygen atoms in total. The van der Waals surface area contributed by atoms with Gasteiger partial charge < -0.3 is 9.88 Å². The Hall–Kier alpha value is -2.15. The first-order chi connectivity index (χ1) is 9.13. The number of imidazole rings is 1. The molecule has 100 valence electrons. The molecule has 0 saturated carbocycles. The number of amides is 3. The molecular formula is C12H14N4O2S. The quantitative estimate of drug-likeness (QED) is 0.896. The Morgan fingerprint density at radius 1 is 1.47 bits per heavy atom. The molecule has 19 heavy (non-hydrogen) atoms. The third-order valence-electron chi connectivity index (χ3n) is 2.67. The van der Waals surface area contributed by atoms with E-state index in [2.05, 4.69) is 15.6 Å². The Labute approximate surface area is 114 Å². The van der Waals surface area contributed by atoms with Gasteiger partial charge in [-0.3, -0.25) is 10.1 Å². The largest absolute Gasteiger partial charge is 0.341 e. The highest BCUT2D eigenvalue weighted by atomic mass is 32.1. The second-order valence-electron chi connectivity index (χ2n) is 3.88. The molecule has 0 aliphatic carbocycles. The van der Waals surface area contributed by atoms with Gasteiger partial charge in [0.25, 0.3) is 5.91 Å². The molecule has 2 rings (SSSR count). The molecule has 1 unspecified atom stereocenters. The molecule has 0 spiro atoms. The van der Waals surface area contributed by atoms with Crippen LogP contribution in [0.2, 0.25) is 0 Å². The minimum Gasteiger partial charge on any atom is -0.341 e. The summed E-state index contributed by atoms with van der Waals surface area (Å²) >= 11 is 1.55. The SMILES string of the molecule is CNC(=O)NC(=O)C(C)n1ccnc1-c1cccs1. The first-order valence-corrected chi connectivity index (χ1v) is 6.60. The van der Waals surface area contributed by atoms with Crippen molar-refractivity contribution in [2.75, 3.05) is 7.05 Å². The lowest BCUT2D eigenvalue weighted by atomic mass is 10.3. The van der Waals surface area contributed by atoms with Crippen LogP contribution in [0.25, 0.3) is 10.7 Å². The van der Waals surface area contributed by atoms with Crippen molar-refractivity contribution in [1.82, 2.24) is 20.2 Å². The van der Waals surface area contributed by atoms with Gasteiger partial charge in [0.2, 0.25) is 0 Å². The topological polar surface area (TPSA) is 76.0 Å². The summed E-state index contributed by atoms with van der Waals surface area (Å²) in [6.45, 7) is 1.72. The summed E-state index contributed by atoms with van der Waals surface area (Å²) in [7, 11) is 1.46. The maximum absolute atomic E-state index is 11.9. The van der Waals surface area contributed by atoms with E-state index in [4.69, 9.17) is 0 Å².